The highest BCUT2D eigenvalue weighted by Gasteiger charge is 2.23. The standard InChI is InChI=1S/C19H25FN4OS/c1-3-24-18(14-9-5-6-10-15(14)20)22-23-19(24)26-12-17(25)21-16-11-7-4-8-13(16)2/h5-6,9-10,13,16H,3-4,7-8,11-12H2,1-2H3,(H,21,25)/t13-,16-/m0/s1. The van der Waals surface area contributed by atoms with Crippen LogP contribution in [-0.2, 0) is 11.3 Å². The van der Waals surface area contributed by atoms with Crippen molar-refractivity contribution >= 4 is 17.7 Å². The average Bonchev–Trinajstić information content (AvgIpc) is 3.05. The van der Waals surface area contributed by atoms with E-state index in [2.05, 4.69) is 22.4 Å². The van der Waals surface area contributed by atoms with E-state index in [1.165, 1.54) is 37.1 Å². The minimum atomic E-state index is -0.324. The van der Waals surface area contributed by atoms with E-state index >= 15 is 0 Å². The summed E-state index contributed by atoms with van der Waals surface area (Å²) in [6.45, 7) is 4.77. The van der Waals surface area contributed by atoms with Crippen molar-refractivity contribution in [3.05, 3.63) is 30.1 Å². The van der Waals surface area contributed by atoms with Crippen LogP contribution in [0.25, 0.3) is 11.4 Å². The third kappa shape index (κ3) is 4.26. The fourth-order valence-corrected chi connectivity index (χ4v) is 4.25. The summed E-state index contributed by atoms with van der Waals surface area (Å²) < 4.78 is 15.9. The average molecular weight is 377 g/mol. The Morgan fingerprint density at radius 1 is 1.31 bits per heavy atom. The van der Waals surface area contributed by atoms with E-state index in [0.29, 0.717) is 34.8 Å². The van der Waals surface area contributed by atoms with Gasteiger partial charge in [-0.3, -0.25) is 4.79 Å². The molecule has 2 aromatic rings. The van der Waals surface area contributed by atoms with E-state index in [4.69, 9.17) is 0 Å². The minimum absolute atomic E-state index is 0.0202. The summed E-state index contributed by atoms with van der Waals surface area (Å²) in [7, 11) is 0. The molecule has 0 bridgehead atoms. The Kier molecular flexibility index (Phi) is 6.29. The number of benzene rings is 1. The van der Waals surface area contributed by atoms with Crippen LogP contribution in [0.1, 0.15) is 39.5 Å². The predicted molar refractivity (Wildman–Crippen MR) is 101 cm³/mol. The molecule has 1 amide bonds. The van der Waals surface area contributed by atoms with Crippen molar-refractivity contribution < 1.29 is 9.18 Å². The number of nitrogens with one attached hydrogen (secondary N) is 1. The lowest BCUT2D eigenvalue weighted by molar-refractivity contribution is -0.119. The summed E-state index contributed by atoms with van der Waals surface area (Å²) in [5, 5.41) is 12.1. The lowest BCUT2D eigenvalue weighted by Crippen LogP contribution is -2.41. The first kappa shape index (κ1) is 18.9. The molecule has 3 rings (SSSR count). The molecule has 1 aromatic heterocycles. The summed E-state index contributed by atoms with van der Waals surface area (Å²) in [5.41, 5.74) is 0.425. The van der Waals surface area contributed by atoms with Gasteiger partial charge in [0.2, 0.25) is 5.91 Å². The van der Waals surface area contributed by atoms with Gasteiger partial charge in [0, 0.05) is 12.6 Å². The molecule has 0 radical (unpaired) electrons. The van der Waals surface area contributed by atoms with Gasteiger partial charge in [0.05, 0.1) is 11.3 Å². The van der Waals surface area contributed by atoms with Crippen molar-refractivity contribution in [2.24, 2.45) is 5.92 Å². The van der Waals surface area contributed by atoms with Crippen LogP contribution in [0, 0.1) is 11.7 Å². The molecule has 1 aliphatic carbocycles. The van der Waals surface area contributed by atoms with Gasteiger partial charge in [0.1, 0.15) is 5.82 Å². The van der Waals surface area contributed by atoms with E-state index in [0.717, 1.165) is 6.42 Å². The monoisotopic (exact) mass is 376 g/mol. The van der Waals surface area contributed by atoms with Crippen LogP contribution in [-0.4, -0.2) is 32.5 Å². The second-order valence-electron chi connectivity index (χ2n) is 6.75. The van der Waals surface area contributed by atoms with E-state index in [-0.39, 0.29) is 17.8 Å². The van der Waals surface area contributed by atoms with Crippen LogP contribution < -0.4 is 5.32 Å². The third-order valence-electron chi connectivity index (χ3n) is 4.94. The first-order chi connectivity index (χ1) is 12.6. The molecule has 0 unspecified atom stereocenters. The van der Waals surface area contributed by atoms with Gasteiger partial charge in [-0.15, -0.1) is 10.2 Å². The Morgan fingerprint density at radius 3 is 2.81 bits per heavy atom. The molecule has 1 aromatic carbocycles. The Labute approximate surface area is 157 Å². The smallest absolute Gasteiger partial charge is 0.230 e. The van der Waals surface area contributed by atoms with Crippen LogP contribution >= 0.6 is 11.8 Å². The third-order valence-corrected chi connectivity index (χ3v) is 5.90. The zero-order chi connectivity index (χ0) is 18.5. The highest BCUT2D eigenvalue weighted by molar-refractivity contribution is 7.99. The molecule has 2 atom stereocenters. The predicted octanol–water partition coefficient (Wildman–Crippen LogP) is 3.89. The van der Waals surface area contributed by atoms with Crippen molar-refractivity contribution in [3.8, 4) is 11.4 Å². The maximum atomic E-state index is 14.1. The Morgan fingerprint density at radius 2 is 2.08 bits per heavy atom. The second-order valence-corrected chi connectivity index (χ2v) is 7.70. The van der Waals surface area contributed by atoms with Gasteiger partial charge in [-0.2, -0.15) is 0 Å². The fraction of sp³-hybridized carbons (Fsp3) is 0.526. The van der Waals surface area contributed by atoms with E-state index < -0.39 is 0 Å². The Hall–Kier alpha value is -1.89. The molecule has 0 spiro atoms. The number of rotatable bonds is 6. The van der Waals surface area contributed by atoms with Gasteiger partial charge < -0.3 is 9.88 Å². The van der Waals surface area contributed by atoms with E-state index in [1.54, 1.807) is 18.2 Å². The molecule has 1 heterocycles. The normalized spacial score (nSPS) is 20.1. The number of hydrogen-bond donors (Lipinski definition) is 1. The molecule has 7 heteroatoms. The van der Waals surface area contributed by atoms with Gasteiger partial charge in [0.15, 0.2) is 11.0 Å². The number of halogens is 1. The molecule has 1 N–H and O–H groups in total. The molecular formula is C19H25FN4OS. The number of carbonyl (C=O) groups is 1. The maximum Gasteiger partial charge on any atom is 0.230 e. The van der Waals surface area contributed by atoms with Crippen molar-refractivity contribution in [2.45, 2.75) is 57.3 Å². The first-order valence-electron chi connectivity index (χ1n) is 9.20. The highest BCUT2D eigenvalue weighted by Crippen LogP contribution is 2.26. The van der Waals surface area contributed by atoms with Gasteiger partial charge >= 0.3 is 0 Å². The summed E-state index contributed by atoms with van der Waals surface area (Å²) in [6, 6.07) is 6.80. The molecule has 1 fully saturated rings. The maximum absolute atomic E-state index is 14.1. The van der Waals surface area contributed by atoms with Crippen molar-refractivity contribution in [1.82, 2.24) is 20.1 Å². The van der Waals surface area contributed by atoms with Crippen LogP contribution in [0.5, 0.6) is 0 Å². The van der Waals surface area contributed by atoms with Crippen molar-refractivity contribution in [2.75, 3.05) is 5.75 Å². The van der Waals surface area contributed by atoms with Gasteiger partial charge in [-0.05, 0) is 37.8 Å². The molecule has 1 saturated carbocycles. The molecule has 26 heavy (non-hydrogen) atoms. The zero-order valence-electron chi connectivity index (χ0n) is 15.2. The number of hydrogen-bond acceptors (Lipinski definition) is 4. The molecule has 0 saturated heterocycles. The lowest BCUT2D eigenvalue weighted by atomic mass is 9.86. The Bertz CT molecular complexity index is 764. The fourth-order valence-electron chi connectivity index (χ4n) is 3.43. The highest BCUT2D eigenvalue weighted by atomic mass is 32.2. The number of nitrogens with zero attached hydrogens (tertiary/aromatic N) is 3. The van der Waals surface area contributed by atoms with E-state index in [1.807, 2.05) is 11.5 Å². The van der Waals surface area contributed by atoms with Gasteiger partial charge in [0.25, 0.3) is 0 Å². The number of thioether (sulfide) groups is 1. The second kappa shape index (κ2) is 8.66. The van der Waals surface area contributed by atoms with Gasteiger partial charge in [-0.1, -0.05) is 43.7 Å². The number of aromatic nitrogens is 3. The zero-order valence-corrected chi connectivity index (χ0v) is 16.1. The topological polar surface area (TPSA) is 59.8 Å². The first-order valence-corrected chi connectivity index (χ1v) is 10.2. The molecular weight excluding hydrogens is 351 g/mol. The molecule has 1 aliphatic rings. The molecule has 140 valence electrons. The van der Waals surface area contributed by atoms with Crippen molar-refractivity contribution in [3.63, 3.8) is 0 Å². The quantitative estimate of drug-likeness (QED) is 0.777. The SMILES string of the molecule is CCn1c(SCC(=O)N[C@H]2CCCC[C@@H]2C)nnc1-c1ccccc1F. The summed E-state index contributed by atoms with van der Waals surface area (Å²) in [4.78, 5) is 12.3. The number of amides is 1. The van der Waals surface area contributed by atoms with Crippen molar-refractivity contribution in [1.29, 1.82) is 0 Å². The van der Waals surface area contributed by atoms with Crippen LogP contribution in [0.15, 0.2) is 29.4 Å². The summed E-state index contributed by atoms with van der Waals surface area (Å²) in [5.74, 6) is 1.01. The Balaban J connectivity index is 1.65. The largest absolute Gasteiger partial charge is 0.352 e. The van der Waals surface area contributed by atoms with Gasteiger partial charge in [-0.25, -0.2) is 4.39 Å². The van der Waals surface area contributed by atoms with Crippen LogP contribution in [0.4, 0.5) is 4.39 Å². The minimum Gasteiger partial charge on any atom is -0.352 e. The number of carbonyl (C=O) groups excluding carboxylic acids is 1. The lowest BCUT2D eigenvalue weighted by Gasteiger charge is -2.29. The molecule has 0 aliphatic heterocycles. The summed E-state index contributed by atoms with van der Waals surface area (Å²) in [6.07, 6.45) is 4.66. The van der Waals surface area contributed by atoms with E-state index in [9.17, 15) is 9.18 Å². The van der Waals surface area contributed by atoms with Crippen LogP contribution in [0.3, 0.4) is 0 Å². The summed E-state index contributed by atoms with van der Waals surface area (Å²) >= 11 is 1.35. The van der Waals surface area contributed by atoms with Crippen LogP contribution in [0.2, 0.25) is 0 Å². The molecule has 5 nitrogen and oxygen atoms in total.